The molecule has 2 amide bonds. The smallest absolute Gasteiger partial charge is 0.265 e. The number of aryl methyl sites for hydroxylation is 1. The van der Waals surface area contributed by atoms with Gasteiger partial charge < -0.3 is 15.0 Å². The van der Waals surface area contributed by atoms with Crippen molar-refractivity contribution in [1.82, 2.24) is 5.32 Å². The first kappa shape index (κ1) is 21.1. The SMILES string of the molecule is CCCc1ccc([C@H](NC(=O)CCN2C(=O)COc3ccccc32)c2cccs2)cc1. The highest BCUT2D eigenvalue weighted by Gasteiger charge is 2.26. The van der Waals surface area contributed by atoms with Crippen molar-refractivity contribution < 1.29 is 14.3 Å². The fraction of sp³-hybridized carbons (Fsp3) is 0.280. The summed E-state index contributed by atoms with van der Waals surface area (Å²) in [5.41, 5.74) is 3.07. The Bertz CT molecular complexity index is 1030. The molecule has 1 atom stereocenters. The molecule has 2 aromatic carbocycles. The molecule has 0 spiro atoms. The summed E-state index contributed by atoms with van der Waals surface area (Å²) in [6.45, 7) is 2.48. The fourth-order valence-corrected chi connectivity index (χ4v) is 4.59. The third-order valence-corrected chi connectivity index (χ3v) is 6.29. The van der Waals surface area contributed by atoms with Crippen LogP contribution in [0.1, 0.15) is 41.8 Å². The van der Waals surface area contributed by atoms with Crippen LogP contribution in [0.15, 0.2) is 66.0 Å². The summed E-state index contributed by atoms with van der Waals surface area (Å²) in [6.07, 6.45) is 2.37. The van der Waals surface area contributed by atoms with Crippen molar-refractivity contribution in [2.45, 2.75) is 32.2 Å². The lowest BCUT2D eigenvalue weighted by Crippen LogP contribution is -2.41. The van der Waals surface area contributed by atoms with Crippen molar-refractivity contribution in [3.63, 3.8) is 0 Å². The third kappa shape index (κ3) is 4.97. The zero-order chi connectivity index (χ0) is 21.6. The van der Waals surface area contributed by atoms with Crippen LogP contribution in [0.4, 0.5) is 5.69 Å². The number of fused-ring (bicyclic) bond motifs is 1. The van der Waals surface area contributed by atoms with Crippen molar-refractivity contribution in [2.75, 3.05) is 18.1 Å². The van der Waals surface area contributed by atoms with Crippen LogP contribution in [-0.2, 0) is 16.0 Å². The highest BCUT2D eigenvalue weighted by Crippen LogP contribution is 2.31. The molecule has 0 saturated heterocycles. The van der Waals surface area contributed by atoms with Crippen LogP contribution in [0.25, 0.3) is 0 Å². The van der Waals surface area contributed by atoms with Gasteiger partial charge in [0.1, 0.15) is 5.75 Å². The Morgan fingerprint density at radius 3 is 2.68 bits per heavy atom. The van der Waals surface area contributed by atoms with E-state index in [1.54, 1.807) is 16.2 Å². The molecule has 1 N–H and O–H groups in total. The van der Waals surface area contributed by atoms with Crippen molar-refractivity contribution >= 4 is 28.8 Å². The molecule has 160 valence electrons. The number of para-hydroxylation sites is 2. The summed E-state index contributed by atoms with van der Waals surface area (Å²) in [5, 5.41) is 5.18. The number of carbonyl (C=O) groups excluding carboxylic acids is 2. The number of hydrogen-bond acceptors (Lipinski definition) is 4. The average Bonchev–Trinajstić information content (AvgIpc) is 3.32. The molecule has 1 aliphatic heterocycles. The quantitative estimate of drug-likeness (QED) is 0.558. The molecule has 2 heterocycles. The molecule has 0 saturated carbocycles. The Morgan fingerprint density at radius 1 is 1.13 bits per heavy atom. The van der Waals surface area contributed by atoms with E-state index in [9.17, 15) is 9.59 Å². The largest absolute Gasteiger partial charge is 0.482 e. The lowest BCUT2D eigenvalue weighted by molar-refractivity contribution is -0.122. The van der Waals surface area contributed by atoms with E-state index >= 15 is 0 Å². The normalized spacial score (nSPS) is 14.0. The van der Waals surface area contributed by atoms with Crippen molar-refractivity contribution in [2.24, 2.45) is 0 Å². The van der Waals surface area contributed by atoms with Gasteiger partial charge in [-0.15, -0.1) is 11.3 Å². The number of ether oxygens (including phenoxy) is 1. The number of benzene rings is 2. The first-order valence-electron chi connectivity index (χ1n) is 10.6. The number of thiophene rings is 1. The van der Waals surface area contributed by atoms with E-state index < -0.39 is 0 Å². The lowest BCUT2D eigenvalue weighted by atomic mass is 10.0. The van der Waals surface area contributed by atoms with E-state index in [1.165, 1.54) is 5.56 Å². The number of carbonyl (C=O) groups is 2. The lowest BCUT2D eigenvalue weighted by Gasteiger charge is -2.29. The molecule has 0 bridgehead atoms. The third-order valence-electron chi connectivity index (χ3n) is 5.36. The van der Waals surface area contributed by atoms with E-state index in [0.29, 0.717) is 18.0 Å². The maximum Gasteiger partial charge on any atom is 0.265 e. The van der Waals surface area contributed by atoms with Crippen LogP contribution in [0.5, 0.6) is 5.75 Å². The highest BCUT2D eigenvalue weighted by atomic mass is 32.1. The first-order valence-corrected chi connectivity index (χ1v) is 11.5. The van der Waals surface area contributed by atoms with E-state index in [1.807, 2.05) is 41.8 Å². The summed E-state index contributed by atoms with van der Waals surface area (Å²) < 4.78 is 5.48. The van der Waals surface area contributed by atoms with Crippen molar-refractivity contribution in [3.05, 3.63) is 82.0 Å². The topological polar surface area (TPSA) is 58.6 Å². The molecule has 0 fully saturated rings. The van der Waals surface area contributed by atoms with E-state index in [4.69, 9.17) is 4.74 Å². The first-order chi connectivity index (χ1) is 15.2. The number of hydrogen-bond donors (Lipinski definition) is 1. The summed E-state index contributed by atoms with van der Waals surface area (Å²) in [6, 6.07) is 19.7. The molecule has 6 heteroatoms. The molecule has 1 aliphatic rings. The van der Waals surface area contributed by atoms with Crippen LogP contribution < -0.4 is 15.0 Å². The van der Waals surface area contributed by atoms with E-state index in [-0.39, 0.29) is 30.9 Å². The Hall–Kier alpha value is -3.12. The molecule has 1 aromatic heterocycles. The van der Waals surface area contributed by atoms with Gasteiger partial charge >= 0.3 is 0 Å². The Balaban J connectivity index is 1.45. The molecule has 0 aliphatic carbocycles. The number of rotatable bonds is 8. The standard InChI is InChI=1S/C25H26N2O3S/c1-2-6-18-10-12-19(13-11-18)25(22-9-5-16-31-22)26-23(28)14-15-27-20-7-3-4-8-21(20)30-17-24(27)29/h3-5,7-13,16,25H,2,6,14-15,17H2,1H3,(H,26,28)/t25-/m0/s1. The van der Waals surface area contributed by atoms with Gasteiger partial charge in [-0.25, -0.2) is 0 Å². The maximum absolute atomic E-state index is 12.9. The predicted molar refractivity (Wildman–Crippen MR) is 124 cm³/mol. The zero-order valence-corrected chi connectivity index (χ0v) is 18.4. The van der Waals surface area contributed by atoms with Gasteiger partial charge in [0, 0.05) is 17.8 Å². The number of amides is 2. The molecule has 0 radical (unpaired) electrons. The number of anilines is 1. The summed E-state index contributed by atoms with van der Waals surface area (Å²) in [5.74, 6) is 0.451. The molecular weight excluding hydrogens is 408 g/mol. The van der Waals surface area contributed by atoms with Crippen LogP contribution >= 0.6 is 11.3 Å². The minimum absolute atomic E-state index is 0.000557. The zero-order valence-electron chi connectivity index (χ0n) is 17.5. The van der Waals surface area contributed by atoms with Crippen LogP contribution in [-0.4, -0.2) is 25.0 Å². The number of nitrogens with zero attached hydrogens (tertiary/aromatic N) is 1. The van der Waals surface area contributed by atoms with Gasteiger partial charge in [-0.05, 0) is 41.1 Å². The summed E-state index contributed by atoms with van der Waals surface area (Å²) in [4.78, 5) is 28.0. The summed E-state index contributed by atoms with van der Waals surface area (Å²) >= 11 is 1.62. The Morgan fingerprint density at radius 2 is 1.94 bits per heavy atom. The van der Waals surface area contributed by atoms with Gasteiger partial charge in [0.2, 0.25) is 5.91 Å². The minimum Gasteiger partial charge on any atom is -0.482 e. The van der Waals surface area contributed by atoms with E-state index in [0.717, 1.165) is 23.3 Å². The van der Waals surface area contributed by atoms with Gasteiger partial charge in [0.25, 0.3) is 5.91 Å². The molecule has 5 nitrogen and oxygen atoms in total. The summed E-state index contributed by atoms with van der Waals surface area (Å²) in [7, 11) is 0. The molecule has 31 heavy (non-hydrogen) atoms. The maximum atomic E-state index is 12.9. The fourth-order valence-electron chi connectivity index (χ4n) is 3.79. The minimum atomic E-state index is -0.198. The Labute approximate surface area is 186 Å². The van der Waals surface area contributed by atoms with Crippen LogP contribution in [0, 0.1) is 0 Å². The Kier molecular flexibility index (Phi) is 6.67. The van der Waals surface area contributed by atoms with Gasteiger partial charge in [-0.1, -0.05) is 55.8 Å². The van der Waals surface area contributed by atoms with Gasteiger partial charge in [-0.3, -0.25) is 9.59 Å². The second-order valence-electron chi connectivity index (χ2n) is 7.56. The predicted octanol–water partition coefficient (Wildman–Crippen LogP) is 4.72. The average molecular weight is 435 g/mol. The van der Waals surface area contributed by atoms with Crippen LogP contribution in [0.3, 0.4) is 0 Å². The van der Waals surface area contributed by atoms with Gasteiger partial charge in [0.15, 0.2) is 6.61 Å². The molecule has 0 unspecified atom stereocenters. The number of nitrogens with one attached hydrogen (secondary N) is 1. The second kappa shape index (κ2) is 9.79. The molecule has 4 rings (SSSR count). The highest BCUT2D eigenvalue weighted by molar-refractivity contribution is 7.10. The van der Waals surface area contributed by atoms with Crippen molar-refractivity contribution in [1.29, 1.82) is 0 Å². The second-order valence-corrected chi connectivity index (χ2v) is 8.54. The van der Waals surface area contributed by atoms with Gasteiger partial charge in [0.05, 0.1) is 11.7 Å². The van der Waals surface area contributed by atoms with Crippen LogP contribution in [0.2, 0.25) is 0 Å². The van der Waals surface area contributed by atoms with Crippen molar-refractivity contribution in [3.8, 4) is 5.75 Å². The monoisotopic (exact) mass is 434 g/mol. The molecular formula is C25H26N2O3S. The van der Waals surface area contributed by atoms with E-state index in [2.05, 4.69) is 36.5 Å². The van der Waals surface area contributed by atoms with Gasteiger partial charge in [-0.2, -0.15) is 0 Å². The molecule has 3 aromatic rings.